The Balaban J connectivity index is 3.59. The van der Waals surface area contributed by atoms with Gasteiger partial charge in [-0.25, -0.2) is 0 Å². The highest BCUT2D eigenvalue weighted by molar-refractivity contribution is 6.66. The van der Waals surface area contributed by atoms with Crippen LogP contribution in [0.4, 0.5) is 0 Å². The van der Waals surface area contributed by atoms with Crippen LogP contribution in [0, 0.1) is 0 Å². The van der Waals surface area contributed by atoms with E-state index in [1.807, 2.05) is 13.8 Å². The third kappa shape index (κ3) is 3.49. The lowest BCUT2D eigenvalue weighted by atomic mass is 10.4. The number of hydrogen-bond acceptors (Lipinski definition) is 2. The van der Waals surface area contributed by atoms with Gasteiger partial charge in [-0.2, -0.15) is 0 Å². The maximum absolute atomic E-state index is 5.62. The molecule has 0 saturated heterocycles. The van der Waals surface area contributed by atoms with Gasteiger partial charge in [-0.1, -0.05) is 11.6 Å². The van der Waals surface area contributed by atoms with Crippen LogP contribution in [-0.2, 0) is 4.74 Å². The van der Waals surface area contributed by atoms with Crippen LogP contribution in [0.5, 0.6) is 0 Å². The van der Waals surface area contributed by atoms with Gasteiger partial charge in [-0.15, -0.1) is 0 Å². The molecule has 0 fully saturated rings. The quantitative estimate of drug-likeness (QED) is 0.560. The Morgan fingerprint density at radius 3 is 2.67 bits per heavy atom. The number of hydrogen-bond donors (Lipinski definition) is 0. The molecule has 0 aliphatic rings. The van der Waals surface area contributed by atoms with Crippen LogP contribution in [0.15, 0.2) is 4.99 Å². The fourth-order valence-corrected chi connectivity index (χ4v) is 0.564. The first-order valence-electron chi connectivity index (χ1n) is 2.96. The predicted octanol–water partition coefficient (Wildman–Crippen LogP) is 1.68. The van der Waals surface area contributed by atoms with Crippen molar-refractivity contribution in [3.8, 4) is 0 Å². The molecule has 0 N–H and O–H groups in total. The number of rotatable bonds is 3. The molecule has 0 saturated carbocycles. The Bertz CT molecular complexity index is 103. The second-order valence-electron chi connectivity index (χ2n) is 1.64. The Labute approximate surface area is 60.9 Å². The summed E-state index contributed by atoms with van der Waals surface area (Å²) in [7, 11) is 1.65. The minimum Gasteiger partial charge on any atom is -0.372 e. The van der Waals surface area contributed by atoms with E-state index >= 15 is 0 Å². The van der Waals surface area contributed by atoms with Crippen molar-refractivity contribution >= 4 is 16.8 Å². The summed E-state index contributed by atoms with van der Waals surface area (Å²) < 4.78 is 5.13. The molecule has 0 spiro atoms. The van der Waals surface area contributed by atoms with Crippen molar-refractivity contribution in [3.63, 3.8) is 0 Å². The van der Waals surface area contributed by atoms with Crippen molar-refractivity contribution in [1.82, 2.24) is 0 Å². The van der Waals surface area contributed by atoms with Crippen LogP contribution in [0.25, 0.3) is 0 Å². The molecule has 1 unspecified atom stereocenters. The summed E-state index contributed by atoms with van der Waals surface area (Å²) in [6.45, 7) is 4.47. The average molecular weight is 150 g/mol. The SMILES string of the molecule is CCOC(C)C(Cl)=NC. The van der Waals surface area contributed by atoms with Gasteiger partial charge in [-0.05, 0) is 13.8 Å². The first kappa shape index (κ1) is 8.92. The number of aliphatic imine (C=N–C) groups is 1. The van der Waals surface area contributed by atoms with E-state index in [1.54, 1.807) is 7.05 Å². The van der Waals surface area contributed by atoms with Gasteiger partial charge in [0.25, 0.3) is 0 Å². The van der Waals surface area contributed by atoms with Gasteiger partial charge in [0.15, 0.2) is 0 Å². The maximum Gasteiger partial charge on any atom is 0.129 e. The van der Waals surface area contributed by atoms with E-state index in [0.29, 0.717) is 11.8 Å². The van der Waals surface area contributed by atoms with Gasteiger partial charge in [0.1, 0.15) is 11.3 Å². The topological polar surface area (TPSA) is 21.6 Å². The van der Waals surface area contributed by atoms with E-state index in [9.17, 15) is 0 Å². The summed E-state index contributed by atoms with van der Waals surface area (Å²) in [5.41, 5.74) is 0. The van der Waals surface area contributed by atoms with Gasteiger partial charge in [0.2, 0.25) is 0 Å². The molecule has 54 valence electrons. The van der Waals surface area contributed by atoms with E-state index in [4.69, 9.17) is 16.3 Å². The molecule has 0 bridgehead atoms. The molecular weight excluding hydrogens is 138 g/mol. The normalized spacial score (nSPS) is 15.8. The molecular formula is C6H12ClNO. The van der Waals surface area contributed by atoms with E-state index < -0.39 is 0 Å². The fourth-order valence-electron chi connectivity index (χ4n) is 0.501. The van der Waals surface area contributed by atoms with Crippen LogP contribution < -0.4 is 0 Å². The summed E-state index contributed by atoms with van der Waals surface area (Å²) in [5, 5.41) is 0.525. The zero-order valence-electron chi connectivity index (χ0n) is 6.02. The minimum atomic E-state index is -0.0540. The number of ether oxygens (including phenoxy) is 1. The molecule has 0 aromatic carbocycles. The van der Waals surface area contributed by atoms with Crippen LogP contribution in [-0.4, -0.2) is 24.9 Å². The minimum absolute atomic E-state index is 0.0540. The van der Waals surface area contributed by atoms with Crippen LogP contribution in [0.1, 0.15) is 13.8 Å². The highest BCUT2D eigenvalue weighted by Gasteiger charge is 2.04. The lowest BCUT2D eigenvalue weighted by Crippen LogP contribution is -2.15. The average Bonchev–Trinajstić information content (AvgIpc) is 1.87. The summed E-state index contributed by atoms with van der Waals surface area (Å²) in [6, 6.07) is 0. The second kappa shape index (κ2) is 4.77. The van der Waals surface area contributed by atoms with Crippen LogP contribution in [0.3, 0.4) is 0 Å². The third-order valence-electron chi connectivity index (χ3n) is 0.966. The Morgan fingerprint density at radius 1 is 1.78 bits per heavy atom. The zero-order chi connectivity index (χ0) is 7.28. The first-order valence-corrected chi connectivity index (χ1v) is 3.34. The zero-order valence-corrected chi connectivity index (χ0v) is 6.77. The van der Waals surface area contributed by atoms with E-state index in [-0.39, 0.29) is 6.10 Å². The van der Waals surface area contributed by atoms with Crippen molar-refractivity contribution in [2.75, 3.05) is 13.7 Å². The Hall–Kier alpha value is -0.0800. The Kier molecular flexibility index (Phi) is 4.72. The van der Waals surface area contributed by atoms with Crippen molar-refractivity contribution in [2.24, 2.45) is 4.99 Å². The van der Waals surface area contributed by atoms with Gasteiger partial charge in [0, 0.05) is 13.7 Å². The van der Waals surface area contributed by atoms with E-state index in [2.05, 4.69) is 4.99 Å². The van der Waals surface area contributed by atoms with Gasteiger partial charge in [-0.3, -0.25) is 4.99 Å². The Morgan fingerprint density at radius 2 is 2.33 bits per heavy atom. The molecule has 0 rings (SSSR count). The van der Waals surface area contributed by atoms with Crippen LogP contribution >= 0.6 is 11.6 Å². The highest BCUT2D eigenvalue weighted by Crippen LogP contribution is 1.97. The van der Waals surface area contributed by atoms with Crippen molar-refractivity contribution in [1.29, 1.82) is 0 Å². The molecule has 1 atom stereocenters. The third-order valence-corrected chi connectivity index (χ3v) is 1.44. The molecule has 0 amide bonds. The summed E-state index contributed by atoms with van der Waals surface area (Å²) >= 11 is 5.62. The number of halogens is 1. The second-order valence-corrected chi connectivity index (χ2v) is 2.03. The molecule has 0 heterocycles. The fraction of sp³-hybridized carbons (Fsp3) is 0.833. The van der Waals surface area contributed by atoms with Crippen LogP contribution in [0.2, 0.25) is 0 Å². The standard InChI is InChI=1S/C6H12ClNO/c1-4-9-5(2)6(7)8-3/h5H,4H2,1-3H3. The van der Waals surface area contributed by atoms with E-state index in [1.165, 1.54) is 0 Å². The molecule has 3 heteroatoms. The van der Waals surface area contributed by atoms with E-state index in [0.717, 1.165) is 0 Å². The molecule has 0 radical (unpaired) electrons. The summed E-state index contributed by atoms with van der Waals surface area (Å²) in [5.74, 6) is 0. The smallest absolute Gasteiger partial charge is 0.129 e. The molecule has 2 nitrogen and oxygen atoms in total. The monoisotopic (exact) mass is 149 g/mol. The van der Waals surface area contributed by atoms with Gasteiger partial charge < -0.3 is 4.74 Å². The molecule has 0 aromatic rings. The maximum atomic E-state index is 5.62. The first-order chi connectivity index (χ1) is 4.22. The highest BCUT2D eigenvalue weighted by atomic mass is 35.5. The predicted molar refractivity (Wildman–Crippen MR) is 40.3 cm³/mol. The van der Waals surface area contributed by atoms with Gasteiger partial charge in [0.05, 0.1) is 0 Å². The molecule has 9 heavy (non-hydrogen) atoms. The van der Waals surface area contributed by atoms with Crippen molar-refractivity contribution in [2.45, 2.75) is 20.0 Å². The van der Waals surface area contributed by atoms with Crippen molar-refractivity contribution < 1.29 is 4.74 Å². The largest absolute Gasteiger partial charge is 0.372 e. The summed E-state index contributed by atoms with van der Waals surface area (Å²) in [4.78, 5) is 3.76. The lowest BCUT2D eigenvalue weighted by Gasteiger charge is -2.07. The van der Waals surface area contributed by atoms with Gasteiger partial charge >= 0.3 is 0 Å². The van der Waals surface area contributed by atoms with Crippen molar-refractivity contribution in [3.05, 3.63) is 0 Å². The molecule has 0 aliphatic carbocycles. The summed E-state index contributed by atoms with van der Waals surface area (Å²) in [6.07, 6.45) is -0.0540. The lowest BCUT2D eigenvalue weighted by molar-refractivity contribution is 0.124. The molecule has 0 aromatic heterocycles. The number of nitrogens with zero attached hydrogens (tertiary/aromatic N) is 1. The molecule has 0 aliphatic heterocycles.